The largest absolute Gasteiger partial charge is 0.497 e. The maximum atomic E-state index is 12.2. The maximum absolute atomic E-state index is 12.2. The van der Waals surface area contributed by atoms with Gasteiger partial charge in [0, 0.05) is 5.56 Å². The van der Waals surface area contributed by atoms with Crippen LogP contribution in [0.2, 0.25) is 0 Å². The summed E-state index contributed by atoms with van der Waals surface area (Å²) in [5.41, 5.74) is 0.579. The molecule has 92 valence electrons. The lowest BCUT2D eigenvalue weighted by Crippen LogP contribution is -2.20. The fraction of sp³-hybridized carbons (Fsp3) is 0.154. The normalized spacial score (nSPS) is 10.1. The van der Waals surface area contributed by atoms with E-state index in [1.807, 2.05) is 0 Å². The van der Waals surface area contributed by atoms with E-state index in [0.717, 1.165) is 0 Å². The summed E-state index contributed by atoms with van der Waals surface area (Å²) in [5, 5.41) is 6.02. The minimum atomic E-state index is -0.492. The molecule has 0 spiro atoms. The molecule has 0 atom stereocenters. The van der Waals surface area contributed by atoms with Crippen molar-refractivity contribution in [1.82, 2.24) is 10.2 Å². The van der Waals surface area contributed by atoms with Crippen LogP contribution in [0, 0.1) is 6.92 Å². The zero-order valence-corrected chi connectivity index (χ0v) is 10.1. The highest BCUT2D eigenvalue weighted by Gasteiger charge is 2.14. The Hall–Kier alpha value is -2.43. The van der Waals surface area contributed by atoms with Crippen molar-refractivity contribution in [3.8, 4) is 5.75 Å². The van der Waals surface area contributed by atoms with Crippen LogP contribution in [-0.2, 0) is 0 Å². The lowest BCUT2D eigenvalue weighted by Gasteiger charge is -2.03. The number of aryl methyl sites for hydroxylation is 1. The van der Waals surface area contributed by atoms with Crippen molar-refractivity contribution in [1.29, 1.82) is 0 Å². The minimum absolute atomic E-state index is 0.0794. The van der Waals surface area contributed by atoms with E-state index in [2.05, 4.69) is 10.2 Å². The van der Waals surface area contributed by atoms with Crippen molar-refractivity contribution >= 4 is 5.78 Å². The van der Waals surface area contributed by atoms with E-state index in [9.17, 15) is 9.59 Å². The van der Waals surface area contributed by atoms with E-state index in [1.165, 1.54) is 13.2 Å². The number of H-pyrrole nitrogens is 1. The number of methoxy groups -OCH3 is 1. The Morgan fingerprint density at radius 2 is 2.11 bits per heavy atom. The quantitative estimate of drug-likeness (QED) is 0.826. The zero-order chi connectivity index (χ0) is 13.1. The van der Waals surface area contributed by atoms with Gasteiger partial charge in [0.25, 0.3) is 5.56 Å². The van der Waals surface area contributed by atoms with Gasteiger partial charge in [-0.2, -0.15) is 5.10 Å². The van der Waals surface area contributed by atoms with Gasteiger partial charge in [0.15, 0.2) is 5.78 Å². The molecule has 0 saturated carbocycles. The number of carbonyl (C=O) groups excluding carboxylic acids is 1. The molecule has 2 rings (SSSR count). The third-order valence-electron chi connectivity index (χ3n) is 2.51. The first-order valence-electron chi connectivity index (χ1n) is 5.37. The van der Waals surface area contributed by atoms with E-state index in [1.54, 1.807) is 31.2 Å². The van der Waals surface area contributed by atoms with Crippen LogP contribution in [0.25, 0.3) is 0 Å². The Morgan fingerprint density at radius 1 is 1.33 bits per heavy atom. The zero-order valence-electron chi connectivity index (χ0n) is 10.1. The molecule has 1 aromatic heterocycles. The van der Waals surface area contributed by atoms with E-state index >= 15 is 0 Å². The van der Waals surface area contributed by atoms with E-state index in [4.69, 9.17) is 4.74 Å². The molecule has 0 saturated heterocycles. The van der Waals surface area contributed by atoms with Crippen molar-refractivity contribution in [3.63, 3.8) is 0 Å². The van der Waals surface area contributed by atoms with Gasteiger partial charge in [0.05, 0.1) is 18.4 Å². The van der Waals surface area contributed by atoms with Crippen LogP contribution < -0.4 is 10.3 Å². The first-order valence-corrected chi connectivity index (χ1v) is 5.37. The summed E-state index contributed by atoms with van der Waals surface area (Å²) in [6, 6.07) is 8.14. The van der Waals surface area contributed by atoms with E-state index in [-0.39, 0.29) is 11.3 Å². The third-order valence-corrected chi connectivity index (χ3v) is 2.51. The number of nitrogens with one attached hydrogen (secondary N) is 1. The molecule has 5 heteroatoms. The molecule has 1 aromatic carbocycles. The molecule has 0 bridgehead atoms. The first-order chi connectivity index (χ1) is 8.61. The van der Waals surface area contributed by atoms with Gasteiger partial charge in [-0.25, -0.2) is 5.10 Å². The highest BCUT2D eigenvalue weighted by atomic mass is 16.5. The molecular weight excluding hydrogens is 232 g/mol. The number of hydrogen-bond donors (Lipinski definition) is 1. The van der Waals surface area contributed by atoms with Crippen LogP contribution in [0.4, 0.5) is 0 Å². The lowest BCUT2D eigenvalue weighted by atomic mass is 10.0. The molecule has 2 aromatic rings. The maximum Gasteiger partial charge on any atom is 0.275 e. The number of nitrogens with zero attached hydrogens (tertiary/aromatic N) is 1. The predicted octanol–water partition coefficient (Wildman–Crippen LogP) is 1.32. The summed E-state index contributed by atoms with van der Waals surface area (Å²) in [4.78, 5) is 23.8. The molecule has 5 nitrogen and oxygen atoms in total. The predicted molar refractivity (Wildman–Crippen MR) is 66.0 cm³/mol. The average molecular weight is 244 g/mol. The van der Waals surface area contributed by atoms with Gasteiger partial charge in [-0.05, 0) is 25.1 Å². The highest BCUT2D eigenvalue weighted by molar-refractivity contribution is 6.08. The number of carbonyl (C=O) groups is 1. The van der Waals surface area contributed by atoms with Crippen LogP contribution in [0.5, 0.6) is 5.75 Å². The van der Waals surface area contributed by atoms with Gasteiger partial charge >= 0.3 is 0 Å². The second-order valence-electron chi connectivity index (χ2n) is 3.81. The van der Waals surface area contributed by atoms with Crippen LogP contribution in [0.1, 0.15) is 21.6 Å². The first kappa shape index (κ1) is 12.0. The Balaban J connectivity index is 2.47. The van der Waals surface area contributed by atoms with Gasteiger partial charge in [0.2, 0.25) is 0 Å². The fourth-order valence-electron chi connectivity index (χ4n) is 1.59. The van der Waals surface area contributed by atoms with Gasteiger partial charge < -0.3 is 4.74 Å². The monoisotopic (exact) mass is 244 g/mol. The Bertz CT molecular complexity index is 647. The minimum Gasteiger partial charge on any atom is -0.497 e. The van der Waals surface area contributed by atoms with E-state index in [0.29, 0.717) is 17.0 Å². The number of aromatic nitrogens is 2. The second-order valence-corrected chi connectivity index (χ2v) is 3.81. The molecular formula is C13H12N2O3. The smallest absolute Gasteiger partial charge is 0.275 e. The van der Waals surface area contributed by atoms with Crippen LogP contribution in [0.3, 0.4) is 0 Å². The number of ether oxygens (including phenoxy) is 1. The Kier molecular flexibility index (Phi) is 3.23. The van der Waals surface area contributed by atoms with Crippen LogP contribution in [-0.4, -0.2) is 23.1 Å². The number of rotatable bonds is 3. The summed E-state index contributed by atoms with van der Waals surface area (Å²) >= 11 is 0. The lowest BCUT2D eigenvalue weighted by molar-refractivity contribution is 0.103. The molecule has 1 heterocycles. The SMILES string of the molecule is COc1cccc(C(=O)c2cc(C)n[nH]c2=O)c1. The molecule has 0 aliphatic heterocycles. The summed E-state index contributed by atoms with van der Waals surface area (Å²) in [6.07, 6.45) is 0. The molecule has 0 aliphatic rings. The van der Waals surface area contributed by atoms with Crippen molar-refractivity contribution in [2.75, 3.05) is 7.11 Å². The standard InChI is InChI=1S/C13H12N2O3/c1-8-6-11(13(17)15-14-8)12(16)9-4-3-5-10(7-9)18-2/h3-7H,1-2H3,(H,15,17). The van der Waals surface area contributed by atoms with Crippen molar-refractivity contribution < 1.29 is 9.53 Å². The fourth-order valence-corrected chi connectivity index (χ4v) is 1.59. The molecule has 18 heavy (non-hydrogen) atoms. The average Bonchev–Trinajstić information content (AvgIpc) is 2.41. The molecule has 0 radical (unpaired) electrons. The van der Waals surface area contributed by atoms with Crippen molar-refractivity contribution in [2.24, 2.45) is 0 Å². The van der Waals surface area contributed by atoms with Crippen LogP contribution >= 0.6 is 0 Å². The summed E-state index contributed by atoms with van der Waals surface area (Å²) in [6.45, 7) is 1.71. The number of hydrogen-bond acceptors (Lipinski definition) is 4. The third kappa shape index (κ3) is 2.29. The molecule has 0 amide bonds. The molecule has 0 aliphatic carbocycles. The van der Waals surface area contributed by atoms with Crippen LogP contribution in [0.15, 0.2) is 35.1 Å². The topological polar surface area (TPSA) is 72.0 Å². The number of ketones is 1. The number of aromatic amines is 1. The molecule has 0 unspecified atom stereocenters. The Morgan fingerprint density at radius 3 is 2.83 bits per heavy atom. The van der Waals surface area contributed by atoms with Gasteiger partial charge in [-0.1, -0.05) is 12.1 Å². The molecule has 1 N–H and O–H groups in total. The summed E-state index contributed by atoms with van der Waals surface area (Å²) < 4.78 is 5.04. The van der Waals surface area contributed by atoms with E-state index < -0.39 is 5.56 Å². The molecule has 0 fully saturated rings. The van der Waals surface area contributed by atoms with Gasteiger partial charge in [-0.3, -0.25) is 9.59 Å². The van der Waals surface area contributed by atoms with Crippen molar-refractivity contribution in [3.05, 3.63) is 57.5 Å². The highest BCUT2D eigenvalue weighted by Crippen LogP contribution is 2.15. The van der Waals surface area contributed by atoms with Crippen molar-refractivity contribution in [2.45, 2.75) is 6.92 Å². The van der Waals surface area contributed by atoms with Gasteiger partial charge in [-0.15, -0.1) is 0 Å². The summed E-state index contributed by atoms with van der Waals surface area (Å²) in [5.74, 6) is 0.226. The summed E-state index contributed by atoms with van der Waals surface area (Å²) in [7, 11) is 1.52. The number of benzene rings is 1. The van der Waals surface area contributed by atoms with Gasteiger partial charge in [0.1, 0.15) is 5.75 Å². The Labute approximate surface area is 103 Å². The second kappa shape index (κ2) is 4.83.